The highest BCUT2D eigenvalue weighted by Crippen LogP contribution is 2.60. The van der Waals surface area contributed by atoms with Gasteiger partial charge in [0.15, 0.2) is 5.15 Å². The lowest BCUT2D eigenvalue weighted by atomic mass is 9.98. The molecular weight excluding hydrogens is 550 g/mol. The summed E-state index contributed by atoms with van der Waals surface area (Å²) in [4.78, 5) is 22.1. The van der Waals surface area contributed by atoms with Crippen LogP contribution in [-0.4, -0.2) is 30.3 Å². The van der Waals surface area contributed by atoms with E-state index >= 15 is 0 Å². The lowest BCUT2D eigenvalue weighted by Gasteiger charge is -2.20. The van der Waals surface area contributed by atoms with Crippen LogP contribution in [0.4, 0.5) is 4.39 Å². The number of aryl methyl sites for hydroxylation is 1. The van der Waals surface area contributed by atoms with E-state index in [4.69, 9.17) is 34.8 Å². The van der Waals surface area contributed by atoms with Crippen LogP contribution < -0.4 is 5.56 Å². The Bertz CT molecular complexity index is 1790. The highest BCUT2D eigenvalue weighted by molar-refractivity contribution is 6.35. The zero-order valence-electron chi connectivity index (χ0n) is 19.9. The summed E-state index contributed by atoms with van der Waals surface area (Å²) in [7, 11) is 0. The van der Waals surface area contributed by atoms with E-state index in [-0.39, 0.29) is 33.7 Å². The number of nitrogens with zero attached hydrogens (tertiary/aromatic N) is 6. The number of benzene rings is 1. The van der Waals surface area contributed by atoms with Gasteiger partial charge in [-0.2, -0.15) is 4.39 Å². The van der Waals surface area contributed by atoms with Crippen molar-refractivity contribution in [2.75, 3.05) is 0 Å². The van der Waals surface area contributed by atoms with Crippen LogP contribution in [0, 0.1) is 18.8 Å². The van der Waals surface area contributed by atoms with E-state index < -0.39 is 5.95 Å². The number of aliphatic imine (C=N–C) groups is 1. The van der Waals surface area contributed by atoms with Crippen LogP contribution in [0.3, 0.4) is 0 Å². The van der Waals surface area contributed by atoms with Gasteiger partial charge in [-0.15, -0.1) is 5.10 Å². The van der Waals surface area contributed by atoms with Crippen molar-refractivity contribution in [1.82, 2.24) is 24.5 Å². The fraction of sp³-hybridized carbons (Fsp3) is 0.222. The van der Waals surface area contributed by atoms with E-state index in [1.54, 1.807) is 48.1 Å². The molecule has 3 unspecified atom stereocenters. The first-order valence-corrected chi connectivity index (χ1v) is 13.2. The van der Waals surface area contributed by atoms with E-state index in [1.807, 2.05) is 16.7 Å². The number of fused-ring (bicyclic) bond motifs is 3. The maximum Gasteiger partial charge on any atom is 0.251 e. The molecule has 3 aromatic heterocycles. The number of allylic oxidation sites excluding steroid dienone is 1. The zero-order valence-corrected chi connectivity index (χ0v) is 22.1. The maximum absolute atomic E-state index is 14.6. The molecule has 4 aromatic rings. The van der Waals surface area contributed by atoms with Crippen molar-refractivity contribution in [1.29, 1.82) is 0 Å². The predicted octanol–water partition coefficient (Wildman–Crippen LogP) is 6.36. The van der Waals surface area contributed by atoms with Gasteiger partial charge in [-0.1, -0.05) is 40.0 Å². The molecule has 3 atom stereocenters. The second-order valence-corrected chi connectivity index (χ2v) is 11.0. The lowest BCUT2D eigenvalue weighted by Crippen LogP contribution is -2.29. The topological polar surface area (TPSA) is 78.0 Å². The number of hydrogen-bond acceptors (Lipinski definition) is 5. The number of rotatable bonds is 4. The molecule has 190 valence electrons. The first-order chi connectivity index (χ1) is 18.3. The van der Waals surface area contributed by atoms with Crippen LogP contribution in [0.2, 0.25) is 10.2 Å². The standard InChI is InChI=1S/C27H18Cl3FN6O/c1-12-2-4-15(27(31)32-12)19-10-20(33-26(19)30)25-18-9-17(18)22-6-13(7-24(38)37(22)25)16-8-14(28)3-5-21(16)36-11-23(29)34-35-36/h2-8,11,17-18,25H,9-10H2,1H3. The molecule has 2 aliphatic heterocycles. The molecule has 38 heavy (non-hydrogen) atoms. The summed E-state index contributed by atoms with van der Waals surface area (Å²) in [6, 6.07) is 12.2. The fourth-order valence-electron chi connectivity index (χ4n) is 5.75. The first kappa shape index (κ1) is 23.8. The maximum atomic E-state index is 14.6. The van der Waals surface area contributed by atoms with Gasteiger partial charge < -0.3 is 4.57 Å². The number of pyridine rings is 2. The van der Waals surface area contributed by atoms with Gasteiger partial charge in [0.05, 0.1) is 17.9 Å². The fourth-order valence-corrected chi connectivity index (χ4v) is 6.32. The second-order valence-electron chi connectivity index (χ2n) is 9.82. The Kier molecular flexibility index (Phi) is 5.37. The van der Waals surface area contributed by atoms with Gasteiger partial charge in [0.25, 0.3) is 5.56 Å². The van der Waals surface area contributed by atoms with Crippen molar-refractivity contribution in [2.24, 2.45) is 10.9 Å². The van der Waals surface area contributed by atoms with Crippen LogP contribution >= 0.6 is 34.8 Å². The van der Waals surface area contributed by atoms with Gasteiger partial charge in [-0.25, -0.2) is 14.7 Å². The third kappa shape index (κ3) is 3.73. The van der Waals surface area contributed by atoms with Crippen LogP contribution in [-0.2, 0) is 0 Å². The molecule has 0 amide bonds. The summed E-state index contributed by atoms with van der Waals surface area (Å²) in [5, 5.41) is 8.98. The average molecular weight is 568 g/mol. The molecule has 5 heterocycles. The summed E-state index contributed by atoms with van der Waals surface area (Å²) >= 11 is 18.8. The van der Waals surface area contributed by atoms with Gasteiger partial charge >= 0.3 is 0 Å². The van der Waals surface area contributed by atoms with E-state index in [1.165, 1.54) is 0 Å². The predicted molar refractivity (Wildman–Crippen MR) is 145 cm³/mol. The molecule has 0 spiro atoms. The Morgan fingerprint density at radius 2 is 1.89 bits per heavy atom. The molecule has 7 rings (SSSR count). The van der Waals surface area contributed by atoms with Crippen LogP contribution in [0.1, 0.15) is 41.8 Å². The van der Waals surface area contributed by atoms with Gasteiger partial charge in [-0.3, -0.25) is 4.79 Å². The first-order valence-electron chi connectivity index (χ1n) is 12.0. The molecule has 7 nitrogen and oxygen atoms in total. The molecule has 1 fully saturated rings. The van der Waals surface area contributed by atoms with Crippen molar-refractivity contribution < 1.29 is 4.39 Å². The van der Waals surface area contributed by atoms with Crippen molar-refractivity contribution in [3.63, 3.8) is 0 Å². The number of hydrogen-bond donors (Lipinski definition) is 0. The smallest absolute Gasteiger partial charge is 0.251 e. The number of halogens is 4. The minimum Gasteiger partial charge on any atom is -0.303 e. The van der Waals surface area contributed by atoms with Crippen molar-refractivity contribution >= 4 is 46.1 Å². The summed E-state index contributed by atoms with van der Waals surface area (Å²) in [6.07, 6.45) is 2.91. The van der Waals surface area contributed by atoms with Crippen molar-refractivity contribution in [3.8, 4) is 16.8 Å². The van der Waals surface area contributed by atoms with Gasteiger partial charge in [0.1, 0.15) is 5.16 Å². The molecule has 0 bridgehead atoms. The average Bonchev–Trinajstić information content (AvgIpc) is 3.19. The summed E-state index contributed by atoms with van der Waals surface area (Å²) in [5.41, 5.74) is 5.27. The highest BCUT2D eigenvalue weighted by Gasteiger charge is 2.55. The minimum atomic E-state index is -0.571. The third-order valence-electron chi connectivity index (χ3n) is 7.49. The van der Waals surface area contributed by atoms with Crippen molar-refractivity contribution in [2.45, 2.75) is 31.7 Å². The Hall–Kier alpha value is -3.33. The number of aromatic nitrogens is 5. The molecule has 11 heteroatoms. The van der Waals surface area contributed by atoms with E-state index in [2.05, 4.69) is 20.3 Å². The Balaban J connectivity index is 1.27. The normalized spacial score (nSPS) is 21.5. The molecule has 1 aliphatic carbocycles. The molecule has 1 aromatic carbocycles. The molecule has 1 saturated carbocycles. The van der Waals surface area contributed by atoms with Crippen molar-refractivity contribution in [3.05, 3.63) is 97.2 Å². The van der Waals surface area contributed by atoms with E-state index in [0.717, 1.165) is 29.0 Å². The van der Waals surface area contributed by atoms with Crippen LogP contribution in [0.15, 0.2) is 63.6 Å². The molecule has 0 saturated heterocycles. The molecule has 3 aliphatic rings. The summed E-state index contributed by atoms with van der Waals surface area (Å²) < 4.78 is 18.0. The van der Waals surface area contributed by atoms with Gasteiger partial charge in [-0.05, 0) is 61.2 Å². The Morgan fingerprint density at radius 3 is 2.66 bits per heavy atom. The summed E-state index contributed by atoms with van der Waals surface area (Å²) in [5.74, 6) is -0.0904. The van der Waals surface area contributed by atoms with E-state index in [9.17, 15) is 9.18 Å². The molecular formula is C27H18Cl3FN6O. The quantitative estimate of drug-likeness (QED) is 0.212. The largest absolute Gasteiger partial charge is 0.303 e. The zero-order chi connectivity index (χ0) is 26.3. The van der Waals surface area contributed by atoms with Gasteiger partial charge in [0, 0.05) is 57.2 Å². The second kappa shape index (κ2) is 8.59. The van der Waals surface area contributed by atoms with Gasteiger partial charge in [0.2, 0.25) is 5.95 Å². The summed E-state index contributed by atoms with van der Waals surface area (Å²) in [6.45, 7) is 1.73. The Labute approximate surface area is 231 Å². The molecule has 0 radical (unpaired) electrons. The third-order valence-corrected chi connectivity index (χ3v) is 8.21. The lowest BCUT2D eigenvalue weighted by molar-refractivity contribution is 0.574. The minimum absolute atomic E-state index is 0.146. The monoisotopic (exact) mass is 566 g/mol. The Morgan fingerprint density at radius 1 is 1.05 bits per heavy atom. The van der Waals surface area contributed by atoms with Crippen LogP contribution in [0.5, 0.6) is 0 Å². The molecule has 0 N–H and O–H groups in total. The highest BCUT2D eigenvalue weighted by atomic mass is 35.5. The van der Waals surface area contributed by atoms with Crippen LogP contribution in [0.25, 0.3) is 22.4 Å². The van der Waals surface area contributed by atoms with E-state index in [0.29, 0.717) is 34.0 Å². The SMILES string of the molecule is Cc1ccc(C2=C(Cl)N=C(C3C4CC4c4cc(-c5cc(Cl)ccc5-n5cc(Cl)nn5)cc(=O)n43)C2)c(F)n1.